The molecule has 5 aliphatic rings. The summed E-state index contributed by atoms with van der Waals surface area (Å²) in [6.07, 6.45) is 3.87. The molecule has 2 unspecified atom stereocenters. The van der Waals surface area contributed by atoms with Crippen molar-refractivity contribution in [1.29, 1.82) is 0 Å². The molecule has 1 saturated carbocycles. The maximum atomic E-state index is 14.4. The first-order chi connectivity index (χ1) is 18.8. The van der Waals surface area contributed by atoms with Gasteiger partial charge in [-0.1, -0.05) is 76.6 Å². The predicted molar refractivity (Wildman–Crippen MR) is 150 cm³/mol. The molecular weight excluding hydrogens is 556 g/mol. The lowest BCUT2D eigenvalue weighted by molar-refractivity contribution is -0.140. The second-order valence-corrected chi connectivity index (χ2v) is 11.9. The van der Waals surface area contributed by atoms with Crippen molar-refractivity contribution in [2.75, 3.05) is 9.80 Å². The van der Waals surface area contributed by atoms with Gasteiger partial charge in [0.1, 0.15) is 0 Å². The third-order valence-electron chi connectivity index (χ3n) is 9.21. The summed E-state index contributed by atoms with van der Waals surface area (Å²) in [4.78, 5) is 59.7. The maximum absolute atomic E-state index is 14.4. The Bertz CT molecular complexity index is 1540. The predicted octanol–water partition coefficient (Wildman–Crippen LogP) is 5.11. The molecule has 2 aliphatic heterocycles. The third-order valence-corrected chi connectivity index (χ3v) is 9.74. The van der Waals surface area contributed by atoms with Gasteiger partial charge in [-0.3, -0.25) is 19.2 Å². The summed E-state index contributed by atoms with van der Waals surface area (Å²) in [6, 6.07) is 22.2. The number of hydrogen-bond donors (Lipinski definition) is 0. The number of carbonyl (C=O) groups is 4. The van der Waals surface area contributed by atoms with Crippen molar-refractivity contribution in [2.24, 2.45) is 29.6 Å². The highest BCUT2D eigenvalue weighted by Crippen LogP contribution is 2.65. The molecule has 39 heavy (non-hydrogen) atoms. The zero-order valence-corrected chi connectivity index (χ0v) is 23.0. The quantitative estimate of drug-likeness (QED) is 0.318. The summed E-state index contributed by atoms with van der Waals surface area (Å²) >= 11 is 3.49. The van der Waals surface area contributed by atoms with Gasteiger partial charge in [0.05, 0.1) is 35.0 Å². The molecular formula is C32H25BrN2O4. The average Bonchev–Trinajstić information content (AvgIpc) is 3.37. The van der Waals surface area contributed by atoms with Crippen LogP contribution < -0.4 is 9.80 Å². The van der Waals surface area contributed by atoms with Crippen molar-refractivity contribution in [3.63, 3.8) is 0 Å². The van der Waals surface area contributed by atoms with Gasteiger partial charge in [-0.25, -0.2) is 9.80 Å². The Labute approximate surface area is 234 Å². The van der Waals surface area contributed by atoms with E-state index in [0.29, 0.717) is 11.4 Å². The van der Waals surface area contributed by atoms with E-state index in [1.165, 1.54) is 9.80 Å². The van der Waals surface area contributed by atoms with Crippen LogP contribution in [0, 0.1) is 43.4 Å². The number of allylic oxidation sites excluding steroid dienone is 2. The Kier molecular flexibility index (Phi) is 5.17. The van der Waals surface area contributed by atoms with Crippen LogP contribution in [-0.2, 0) is 24.6 Å². The minimum absolute atomic E-state index is 0.303. The normalized spacial score (nSPS) is 30.8. The van der Waals surface area contributed by atoms with Crippen LogP contribution in [0.5, 0.6) is 0 Å². The molecule has 6 atom stereocenters. The van der Waals surface area contributed by atoms with Crippen molar-refractivity contribution in [2.45, 2.75) is 19.3 Å². The van der Waals surface area contributed by atoms with Gasteiger partial charge in [0.2, 0.25) is 23.6 Å². The fourth-order valence-corrected chi connectivity index (χ4v) is 7.86. The number of halogens is 1. The Hall–Kier alpha value is -3.84. The monoisotopic (exact) mass is 580 g/mol. The summed E-state index contributed by atoms with van der Waals surface area (Å²) in [5.74, 6) is -4.85. The first-order valence-electron chi connectivity index (χ1n) is 13.1. The SMILES string of the molecule is Cc1ccccc1N1C(=O)[C@@H]2C3C=CC(c4ccc(Br)cc4)([C@@H]2C1=O)[C@H]1C(=O)N(c2ccccc2C)C(=O)[C@@H]31. The highest BCUT2D eigenvalue weighted by molar-refractivity contribution is 9.10. The van der Waals surface area contributed by atoms with Crippen LogP contribution >= 0.6 is 15.9 Å². The van der Waals surface area contributed by atoms with Crippen LogP contribution in [0.15, 0.2) is 89.4 Å². The first-order valence-corrected chi connectivity index (χ1v) is 13.9. The van der Waals surface area contributed by atoms with E-state index >= 15 is 0 Å². The lowest BCUT2D eigenvalue weighted by Gasteiger charge is -2.53. The topological polar surface area (TPSA) is 74.8 Å². The molecule has 2 saturated heterocycles. The second kappa shape index (κ2) is 8.33. The Morgan fingerprint density at radius 3 is 1.56 bits per heavy atom. The van der Waals surface area contributed by atoms with E-state index in [9.17, 15) is 19.2 Å². The number of aryl methyl sites for hydroxylation is 2. The summed E-state index contributed by atoms with van der Waals surface area (Å²) in [5.41, 5.74) is 2.35. The minimum Gasteiger partial charge on any atom is -0.274 e. The van der Waals surface area contributed by atoms with E-state index < -0.39 is 35.0 Å². The van der Waals surface area contributed by atoms with Crippen molar-refractivity contribution in [3.8, 4) is 0 Å². The number of hydrogen-bond acceptors (Lipinski definition) is 4. The number of amides is 4. The van der Waals surface area contributed by atoms with E-state index in [2.05, 4.69) is 15.9 Å². The van der Waals surface area contributed by atoms with Crippen molar-refractivity contribution >= 4 is 50.9 Å². The van der Waals surface area contributed by atoms with E-state index in [1.807, 2.05) is 86.7 Å². The average molecular weight is 581 g/mol. The van der Waals surface area contributed by atoms with Crippen molar-refractivity contribution in [3.05, 3.63) is 106 Å². The van der Waals surface area contributed by atoms with Gasteiger partial charge < -0.3 is 0 Å². The van der Waals surface area contributed by atoms with Crippen LogP contribution in [0.3, 0.4) is 0 Å². The fourth-order valence-electron chi connectivity index (χ4n) is 7.59. The smallest absolute Gasteiger partial charge is 0.238 e. The molecule has 3 aromatic rings. The Morgan fingerprint density at radius 1 is 0.641 bits per heavy atom. The first kappa shape index (κ1) is 24.2. The molecule has 0 N–H and O–H groups in total. The van der Waals surface area contributed by atoms with Gasteiger partial charge in [0.25, 0.3) is 0 Å². The molecule has 0 aromatic heterocycles. The second-order valence-electron chi connectivity index (χ2n) is 11.0. The van der Waals surface area contributed by atoms with Gasteiger partial charge in [0.15, 0.2) is 0 Å². The molecule has 3 fully saturated rings. The van der Waals surface area contributed by atoms with Crippen LogP contribution in [0.2, 0.25) is 0 Å². The fraction of sp³-hybridized carbons (Fsp3) is 0.250. The zero-order chi connectivity index (χ0) is 27.2. The number of imide groups is 2. The largest absolute Gasteiger partial charge is 0.274 e. The van der Waals surface area contributed by atoms with Gasteiger partial charge in [0, 0.05) is 15.8 Å². The molecule has 2 heterocycles. The van der Waals surface area contributed by atoms with Crippen molar-refractivity contribution < 1.29 is 19.2 Å². The van der Waals surface area contributed by atoms with Crippen LogP contribution in [0.1, 0.15) is 16.7 Å². The third kappa shape index (κ3) is 3.02. The van der Waals surface area contributed by atoms with Crippen molar-refractivity contribution in [1.82, 2.24) is 0 Å². The molecule has 8 rings (SSSR count). The highest BCUT2D eigenvalue weighted by Gasteiger charge is 2.75. The number of rotatable bonds is 3. The molecule has 0 radical (unpaired) electrons. The van der Waals surface area contributed by atoms with Crippen LogP contribution in [0.4, 0.5) is 11.4 Å². The molecule has 4 amide bonds. The number of para-hydroxylation sites is 2. The van der Waals surface area contributed by atoms with E-state index in [-0.39, 0.29) is 23.6 Å². The van der Waals surface area contributed by atoms with E-state index in [4.69, 9.17) is 0 Å². The molecule has 3 aliphatic carbocycles. The number of anilines is 2. The maximum Gasteiger partial charge on any atom is 0.238 e. The summed E-state index contributed by atoms with van der Waals surface area (Å²) in [6.45, 7) is 3.74. The van der Waals surface area contributed by atoms with Crippen LogP contribution in [0.25, 0.3) is 0 Å². The number of benzene rings is 3. The van der Waals surface area contributed by atoms with E-state index in [1.54, 1.807) is 12.1 Å². The Morgan fingerprint density at radius 2 is 1.10 bits per heavy atom. The number of carbonyl (C=O) groups excluding carboxylic acids is 4. The van der Waals surface area contributed by atoms with Crippen LogP contribution in [-0.4, -0.2) is 23.6 Å². The Balaban J connectivity index is 1.45. The number of nitrogens with zero attached hydrogens (tertiary/aromatic N) is 2. The summed E-state index contributed by atoms with van der Waals surface area (Å²) in [7, 11) is 0. The highest BCUT2D eigenvalue weighted by atomic mass is 79.9. The molecule has 0 spiro atoms. The molecule has 3 aromatic carbocycles. The minimum atomic E-state index is -1.14. The standard InChI is InChI=1S/C32H25BrN2O4/c1-17-7-3-5-9-22(17)34-28(36)24-21-15-16-32(26(24)30(34)38,19-11-13-20(33)14-12-19)27-25(21)29(37)35(31(27)39)23-10-6-4-8-18(23)2/h3-16,21,24-27H,1-2H3/t21?,24-,25+,26+,27-,32?. The zero-order valence-electron chi connectivity index (χ0n) is 21.4. The van der Waals surface area contributed by atoms with Gasteiger partial charge in [-0.15, -0.1) is 0 Å². The van der Waals surface area contributed by atoms with E-state index in [0.717, 1.165) is 21.2 Å². The summed E-state index contributed by atoms with van der Waals surface area (Å²) < 4.78 is 0.856. The van der Waals surface area contributed by atoms with Gasteiger partial charge in [-0.2, -0.15) is 0 Å². The lowest BCUT2D eigenvalue weighted by Crippen LogP contribution is -2.60. The molecule has 7 heteroatoms. The summed E-state index contributed by atoms with van der Waals surface area (Å²) in [5, 5.41) is 0. The van der Waals surface area contributed by atoms with Gasteiger partial charge in [-0.05, 0) is 54.8 Å². The van der Waals surface area contributed by atoms with Gasteiger partial charge >= 0.3 is 0 Å². The lowest BCUT2D eigenvalue weighted by atomic mass is 9.45. The molecule has 194 valence electrons. The molecule has 2 bridgehead atoms. The molecule has 6 nitrogen and oxygen atoms in total.